The fourth-order valence-electron chi connectivity index (χ4n) is 3.25. The Kier molecular flexibility index (Phi) is 3.93. The Morgan fingerprint density at radius 3 is 2.96 bits per heavy atom. The summed E-state index contributed by atoms with van der Waals surface area (Å²) in [6, 6.07) is 9.87. The second-order valence-electron chi connectivity index (χ2n) is 6.29. The van der Waals surface area contributed by atoms with Crippen LogP contribution in [0.5, 0.6) is 0 Å². The number of benzene rings is 1. The van der Waals surface area contributed by atoms with Crippen LogP contribution >= 0.6 is 0 Å². The van der Waals surface area contributed by atoms with E-state index in [2.05, 4.69) is 15.4 Å². The third-order valence-electron chi connectivity index (χ3n) is 4.51. The summed E-state index contributed by atoms with van der Waals surface area (Å²) in [6.07, 6.45) is 0.995. The van der Waals surface area contributed by atoms with Gasteiger partial charge in [-0.2, -0.15) is 4.98 Å². The molecule has 1 N–H and O–H groups in total. The van der Waals surface area contributed by atoms with Crippen LogP contribution in [0.3, 0.4) is 0 Å². The lowest BCUT2D eigenvalue weighted by Crippen LogP contribution is -2.47. The highest BCUT2D eigenvalue weighted by molar-refractivity contribution is 5.91. The standard InChI is InChI=1S/C17H21N5O2/c1-12-10-21(14(11-24-12)13-6-3-2-4-7-13)16(23)15-19-17-18-8-5-9-22(17)20-15/h2-4,6-7,12,14H,5,8-11H2,1H3,(H,18,19,20). The van der Waals surface area contributed by atoms with E-state index in [-0.39, 0.29) is 23.9 Å². The van der Waals surface area contributed by atoms with Gasteiger partial charge in [0.15, 0.2) is 0 Å². The van der Waals surface area contributed by atoms with Crippen LogP contribution in [0.4, 0.5) is 5.95 Å². The summed E-state index contributed by atoms with van der Waals surface area (Å²) >= 11 is 0. The van der Waals surface area contributed by atoms with Crippen LogP contribution < -0.4 is 5.32 Å². The van der Waals surface area contributed by atoms with Gasteiger partial charge in [0.2, 0.25) is 11.8 Å². The molecule has 1 fully saturated rings. The summed E-state index contributed by atoms with van der Waals surface area (Å²) in [7, 11) is 0. The Balaban J connectivity index is 1.63. The zero-order valence-corrected chi connectivity index (χ0v) is 13.7. The lowest BCUT2D eigenvalue weighted by molar-refractivity contribution is -0.0451. The molecule has 1 saturated heterocycles. The van der Waals surface area contributed by atoms with E-state index in [1.54, 1.807) is 4.68 Å². The van der Waals surface area contributed by atoms with Gasteiger partial charge in [-0.05, 0) is 18.9 Å². The maximum Gasteiger partial charge on any atom is 0.294 e. The Hall–Kier alpha value is -2.41. The minimum absolute atomic E-state index is 0.00396. The number of aryl methyl sites for hydroxylation is 1. The number of ether oxygens (including phenoxy) is 1. The largest absolute Gasteiger partial charge is 0.374 e. The van der Waals surface area contributed by atoms with Crippen LogP contribution in [-0.2, 0) is 11.3 Å². The fourth-order valence-corrected chi connectivity index (χ4v) is 3.25. The molecular formula is C17H21N5O2. The quantitative estimate of drug-likeness (QED) is 0.909. The van der Waals surface area contributed by atoms with Crippen LogP contribution in [0, 0.1) is 0 Å². The van der Waals surface area contributed by atoms with Gasteiger partial charge in [-0.3, -0.25) is 4.79 Å². The van der Waals surface area contributed by atoms with E-state index in [9.17, 15) is 4.79 Å². The monoisotopic (exact) mass is 327 g/mol. The van der Waals surface area contributed by atoms with Crippen molar-refractivity contribution in [2.75, 3.05) is 25.0 Å². The molecular weight excluding hydrogens is 306 g/mol. The predicted molar refractivity (Wildman–Crippen MR) is 88.8 cm³/mol. The van der Waals surface area contributed by atoms with Gasteiger partial charge < -0.3 is 15.0 Å². The number of rotatable bonds is 2. The third-order valence-corrected chi connectivity index (χ3v) is 4.51. The van der Waals surface area contributed by atoms with Crippen molar-refractivity contribution in [1.29, 1.82) is 0 Å². The van der Waals surface area contributed by atoms with Crippen LogP contribution in [0.1, 0.15) is 35.6 Å². The molecule has 3 heterocycles. The molecule has 2 aliphatic heterocycles. The van der Waals surface area contributed by atoms with Gasteiger partial charge >= 0.3 is 0 Å². The predicted octanol–water partition coefficient (Wildman–Crippen LogP) is 1.70. The van der Waals surface area contributed by atoms with Crippen molar-refractivity contribution in [3.8, 4) is 0 Å². The summed E-state index contributed by atoms with van der Waals surface area (Å²) < 4.78 is 7.57. The third kappa shape index (κ3) is 2.75. The molecule has 1 aromatic carbocycles. The van der Waals surface area contributed by atoms with Crippen LogP contribution in [0.15, 0.2) is 30.3 Å². The average molecular weight is 327 g/mol. The van der Waals surface area contributed by atoms with Gasteiger partial charge in [-0.25, -0.2) is 4.68 Å². The van der Waals surface area contributed by atoms with Crippen molar-refractivity contribution in [1.82, 2.24) is 19.7 Å². The lowest BCUT2D eigenvalue weighted by Gasteiger charge is -2.38. The number of aromatic nitrogens is 3. The van der Waals surface area contributed by atoms with Crippen LogP contribution in [0.2, 0.25) is 0 Å². The number of fused-ring (bicyclic) bond motifs is 1. The van der Waals surface area contributed by atoms with Gasteiger partial charge in [0.1, 0.15) is 0 Å². The maximum atomic E-state index is 13.1. The molecule has 0 saturated carbocycles. The molecule has 2 aliphatic rings. The van der Waals surface area contributed by atoms with E-state index in [0.717, 1.165) is 25.1 Å². The normalized spacial score (nSPS) is 23.5. The zero-order chi connectivity index (χ0) is 16.5. The summed E-state index contributed by atoms with van der Waals surface area (Å²) in [6.45, 7) is 4.67. The molecule has 2 atom stereocenters. The fraction of sp³-hybridized carbons (Fsp3) is 0.471. The topological polar surface area (TPSA) is 72.3 Å². The van der Waals surface area contributed by atoms with Crippen LogP contribution in [-0.4, -0.2) is 51.4 Å². The van der Waals surface area contributed by atoms with Crippen molar-refractivity contribution in [2.24, 2.45) is 0 Å². The molecule has 7 nitrogen and oxygen atoms in total. The van der Waals surface area contributed by atoms with Gasteiger partial charge in [-0.15, -0.1) is 5.10 Å². The zero-order valence-electron chi connectivity index (χ0n) is 13.7. The molecule has 2 aromatic rings. The highest BCUT2D eigenvalue weighted by atomic mass is 16.5. The molecule has 4 rings (SSSR count). The Labute approximate surface area is 140 Å². The first-order valence-electron chi connectivity index (χ1n) is 8.38. The molecule has 7 heteroatoms. The summed E-state index contributed by atoms with van der Waals surface area (Å²) in [5.41, 5.74) is 1.07. The van der Waals surface area contributed by atoms with Crippen molar-refractivity contribution in [3.05, 3.63) is 41.7 Å². The van der Waals surface area contributed by atoms with Crippen molar-refractivity contribution >= 4 is 11.9 Å². The SMILES string of the molecule is CC1CN(C(=O)c2nc3n(n2)CCCN3)C(c2ccccc2)CO1. The van der Waals surface area contributed by atoms with E-state index < -0.39 is 0 Å². The lowest BCUT2D eigenvalue weighted by atomic mass is 10.0. The number of anilines is 1. The first-order valence-corrected chi connectivity index (χ1v) is 8.38. The minimum atomic E-state index is -0.136. The number of nitrogens with zero attached hydrogens (tertiary/aromatic N) is 4. The second kappa shape index (κ2) is 6.24. The summed E-state index contributed by atoms with van der Waals surface area (Å²) in [5.74, 6) is 0.805. The Morgan fingerprint density at radius 2 is 2.17 bits per heavy atom. The average Bonchev–Trinajstić information content (AvgIpc) is 3.06. The number of nitrogens with one attached hydrogen (secondary N) is 1. The van der Waals surface area contributed by atoms with E-state index in [4.69, 9.17) is 4.74 Å². The highest BCUT2D eigenvalue weighted by Crippen LogP contribution is 2.27. The number of carbonyl (C=O) groups is 1. The first kappa shape index (κ1) is 15.1. The number of hydrogen-bond acceptors (Lipinski definition) is 5. The number of hydrogen-bond donors (Lipinski definition) is 1. The molecule has 1 amide bonds. The van der Waals surface area contributed by atoms with Crippen molar-refractivity contribution in [3.63, 3.8) is 0 Å². The van der Waals surface area contributed by atoms with Gasteiger partial charge in [0.05, 0.1) is 18.8 Å². The van der Waals surface area contributed by atoms with Crippen molar-refractivity contribution in [2.45, 2.75) is 32.0 Å². The molecule has 24 heavy (non-hydrogen) atoms. The van der Waals surface area contributed by atoms with Gasteiger partial charge in [0, 0.05) is 19.6 Å². The Morgan fingerprint density at radius 1 is 1.33 bits per heavy atom. The van der Waals surface area contributed by atoms with E-state index >= 15 is 0 Å². The number of carbonyl (C=O) groups excluding carboxylic acids is 1. The first-order chi connectivity index (χ1) is 11.7. The van der Waals surface area contributed by atoms with E-state index in [1.165, 1.54) is 0 Å². The van der Waals surface area contributed by atoms with E-state index in [1.807, 2.05) is 42.2 Å². The number of morpholine rings is 1. The van der Waals surface area contributed by atoms with Gasteiger partial charge in [0.25, 0.3) is 5.91 Å². The smallest absolute Gasteiger partial charge is 0.294 e. The second-order valence-corrected chi connectivity index (χ2v) is 6.29. The molecule has 0 radical (unpaired) electrons. The molecule has 0 bridgehead atoms. The van der Waals surface area contributed by atoms with Gasteiger partial charge in [-0.1, -0.05) is 30.3 Å². The maximum absolute atomic E-state index is 13.1. The molecule has 126 valence electrons. The molecule has 1 aromatic heterocycles. The number of amides is 1. The summed E-state index contributed by atoms with van der Waals surface area (Å²) in [4.78, 5) is 19.3. The highest BCUT2D eigenvalue weighted by Gasteiger charge is 2.34. The van der Waals surface area contributed by atoms with Crippen molar-refractivity contribution < 1.29 is 9.53 Å². The van der Waals surface area contributed by atoms with Crippen LogP contribution in [0.25, 0.3) is 0 Å². The minimum Gasteiger partial charge on any atom is -0.374 e. The molecule has 2 unspecified atom stereocenters. The molecule has 0 aliphatic carbocycles. The molecule has 0 spiro atoms. The summed E-state index contributed by atoms with van der Waals surface area (Å²) in [5, 5.41) is 7.58. The Bertz CT molecular complexity index is 706. The van der Waals surface area contributed by atoms with E-state index in [0.29, 0.717) is 19.1 Å².